The molecule has 1 aromatic rings. The summed E-state index contributed by atoms with van der Waals surface area (Å²) in [7, 11) is 0. The molecule has 0 bridgehead atoms. The van der Waals surface area contributed by atoms with Crippen LogP contribution in [0.15, 0.2) is 0 Å². The summed E-state index contributed by atoms with van der Waals surface area (Å²) in [4.78, 5) is 9.50. The molecule has 0 saturated heterocycles. The summed E-state index contributed by atoms with van der Waals surface area (Å²) in [5.74, 6) is -4.66. The third-order valence-electron chi connectivity index (χ3n) is 2.42. The van der Waals surface area contributed by atoms with Crippen LogP contribution in [0.5, 0.6) is 0 Å². The molecule has 0 aromatic heterocycles. The van der Waals surface area contributed by atoms with E-state index in [1.54, 1.807) is 0 Å². The van der Waals surface area contributed by atoms with Gasteiger partial charge < -0.3 is 15.5 Å². The second-order valence-corrected chi connectivity index (χ2v) is 3.76. The number of aliphatic hydroxyl groups is 2. The van der Waals surface area contributed by atoms with Crippen molar-refractivity contribution in [1.82, 2.24) is 0 Å². The second-order valence-electron chi connectivity index (χ2n) is 3.76. The first kappa shape index (κ1) is 15.2. The van der Waals surface area contributed by atoms with E-state index in [0.29, 0.717) is 0 Å². The van der Waals surface area contributed by atoms with Crippen molar-refractivity contribution < 1.29 is 28.3 Å². The number of nitrogens with zero attached hydrogens (tertiary/aromatic N) is 1. The fraction of sp³-hybridized carbons (Fsp3) is 0.400. The first-order valence-corrected chi connectivity index (χ1v) is 5.15. The zero-order valence-electron chi connectivity index (χ0n) is 9.78. The van der Waals surface area contributed by atoms with E-state index in [4.69, 9.17) is 10.2 Å². The zero-order chi connectivity index (χ0) is 14.7. The average Bonchev–Trinajstić information content (AvgIpc) is 2.37. The lowest BCUT2D eigenvalue weighted by Gasteiger charge is -2.13. The van der Waals surface area contributed by atoms with E-state index in [-0.39, 0.29) is 0 Å². The van der Waals surface area contributed by atoms with Crippen LogP contribution in [0.1, 0.15) is 5.56 Å². The number of nitro groups is 1. The number of benzene rings is 1. The van der Waals surface area contributed by atoms with E-state index < -0.39 is 58.6 Å². The van der Waals surface area contributed by atoms with Crippen molar-refractivity contribution in [2.45, 2.75) is 13.0 Å². The fourth-order valence-electron chi connectivity index (χ4n) is 1.38. The lowest BCUT2D eigenvalue weighted by molar-refractivity contribution is -0.386. The third kappa shape index (κ3) is 2.93. The molecular formula is C10H11F3N2O4. The van der Waals surface area contributed by atoms with Gasteiger partial charge in [0.2, 0.25) is 5.82 Å². The van der Waals surface area contributed by atoms with E-state index >= 15 is 0 Å². The maximum absolute atomic E-state index is 13.6. The van der Waals surface area contributed by atoms with Crippen molar-refractivity contribution in [3.8, 4) is 0 Å². The van der Waals surface area contributed by atoms with Gasteiger partial charge in [0.1, 0.15) is 0 Å². The van der Waals surface area contributed by atoms with E-state index in [2.05, 4.69) is 0 Å². The smallest absolute Gasteiger partial charge is 0.331 e. The molecule has 1 unspecified atom stereocenters. The molecule has 1 rings (SSSR count). The molecule has 0 amide bonds. The SMILES string of the molecule is Cc1c(F)c(F)c(NCC(O)CO)c([N+](=O)[O-])c1F. The Labute approximate surface area is 105 Å². The summed E-state index contributed by atoms with van der Waals surface area (Å²) in [6, 6.07) is 0. The maximum Gasteiger partial charge on any atom is 0.331 e. The fourth-order valence-corrected chi connectivity index (χ4v) is 1.38. The van der Waals surface area contributed by atoms with Crippen molar-refractivity contribution in [3.63, 3.8) is 0 Å². The number of halogens is 3. The van der Waals surface area contributed by atoms with Gasteiger partial charge >= 0.3 is 5.69 Å². The second kappa shape index (κ2) is 5.85. The van der Waals surface area contributed by atoms with Crippen molar-refractivity contribution in [2.24, 2.45) is 0 Å². The molecule has 0 aliphatic rings. The van der Waals surface area contributed by atoms with Gasteiger partial charge in [0.15, 0.2) is 17.3 Å². The molecule has 0 heterocycles. The zero-order valence-corrected chi connectivity index (χ0v) is 9.78. The minimum atomic E-state index is -1.62. The van der Waals surface area contributed by atoms with Crippen LogP contribution in [0.25, 0.3) is 0 Å². The number of rotatable bonds is 5. The van der Waals surface area contributed by atoms with Gasteiger partial charge in [-0.25, -0.2) is 8.78 Å². The molecule has 0 aliphatic carbocycles. The Morgan fingerprint density at radius 3 is 2.37 bits per heavy atom. The van der Waals surface area contributed by atoms with Crippen LogP contribution in [-0.4, -0.2) is 34.4 Å². The number of nitro benzene ring substituents is 1. The van der Waals surface area contributed by atoms with Crippen molar-refractivity contribution in [2.75, 3.05) is 18.5 Å². The van der Waals surface area contributed by atoms with Crippen LogP contribution >= 0.6 is 0 Å². The molecule has 1 aromatic carbocycles. The summed E-state index contributed by atoms with van der Waals surface area (Å²) in [6.07, 6.45) is -1.36. The Balaban J connectivity index is 3.31. The number of hydrogen-bond acceptors (Lipinski definition) is 5. The lowest BCUT2D eigenvalue weighted by Crippen LogP contribution is -2.24. The van der Waals surface area contributed by atoms with Crippen molar-refractivity contribution in [3.05, 3.63) is 33.1 Å². The first-order chi connectivity index (χ1) is 8.81. The van der Waals surface area contributed by atoms with E-state index in [1.165, 1.54) is 0 Å². The largest absolute Gasteiger partial charge is 0.394 e. The highest BCUT2D eigenvalue weighted by Crippen LogP contribution is 2.34. The highest BCUT2D eigenvalue weighted by molar-refractivity contribution is 5.65. The van der Waals surface area contributed by atoms with Crippen molar-refractivity contribution >= 4 is 11.4 Å². The summed E-state index contributed by atoms with van der Waals surface area (Å²) in [6.45, 7) is -0.331. The standard InChI is InChI=1S/C10H11F3N2O4/c1-4-6(11)8(13)9(14-2-5(17)3-16)10(7(4)12)15(18)19/h5,14,16-17H,2-3H2,1H3. The van der Waals surface area contributed by atoms with Gasteiger partial charge in [-0.1, -0.05) is 0 Å². The van der Waals surface area contributed by atoms with Gasteiger partial charge in [0.25, 0.3) is 0 Å². The molecule has 19 heavy (non-hydrogen) atoms. The molecule has 0 radical (unpaired) electrons. The van der Waals surface area contributed by atoms with Crippen LogP contribution in [0, 0.1) is 34.5 Å². The topological polar surface area (TPSA) is 95.6 Å². The minimum Gasteiger partial charge on any atom is -0.394 e. The number of hydrogen-bond donors (Lipinski definition) is 3. The Morgan fingerprint density at radius 2 is 1.89 bits per heavy atom. The summed E-state index contributed by atoms with van der Waals surface area (Å²) >= 11 is 0. The summed E-state index contributed by atoms with van der Waals surface area (Å²) in [5, 5.41) is 30.3. The van der Waals surface area contributed by atoms with Gasteiger partial charge in [-0.2, -0.15) is 4.39 Å². The summed E-state index contributed by atoms with van der Waals surface area (Å²) in [5.41, 5.74) is -3.06. The van der Waals surface area contributed by atoms with Crippen molar-refractivity contribution in [1.29, 1.82) is 0 Å². The van der Waals surface area contributed by atoms with Crippen LogP contribution in [0.4, 0.5) is 24.5 Å². The molecule has 9 heteroatoms. The molecule has 0 spiro atoms. The lowest BCUT2D eigenvalue weighted by atomic mass is 10.1. The average molecular weight is 280 g/mol. The highest BCUT2D eigenvalue weighted by atomic mass is 19.2. The molecule has 1 atom stereocenters. The Kier molecular flexibility index (Phi) is 4.67. The Hall–Kier alpha value is -1.87. The van der Waals surface area contributed by atoms with Crippen LogP contribution in [0.2, 0.25) is 0 Å². The molecule has 0 fully saturated rings. The third-order valence-corrected chi connectivity index (χ3v) is 2.42. The van der Waals surface area contributed by atoms with E-state index in [9.17, 15) is 23.3 Å². The molecular weight excluding hydrogens is 269 g/mol. The number of aliphatic hydroxyl groups excluding tert-OH is 2. The maximum atomic E-state index is 13.6. The minimum absolute atomic E-state index is 0.504. The monoisotopic (exact) mass is 280 g/mol. The molecule has 106 valence electrons. The normalized spacial score (nSPS) is 12.3. The number of nitrogens with one attached hydrogen (secondary N) is 1. The van der Waals surface area contributed by atoms with Gasteiger partial charge in [-0.05, 0) is 6.92 Å². The van der Waals surface area contributed by atoms with E-state index in [0.717, 1.165) is 6.92 Å². The molecule has 6 nitrogen and oxygen atoms in total. The van der Waals surface area contributed by atoms with Gasteiger partial charge in [-0.3, -0.25) is 10.1 Å². The molecule has 0 aliphatic heterocycles. The molecule has 3 N–H and O–H groups in total. The summed E-state index contributed by atoms with van der Waals surface area (Å²) < 4.78 is 40.4. The molecule has 0 saturated carbocycles. The predicted molar refractivity (Wildman–Crippen MR) is 59.3 cm³/mol. The Bertz CT molecular complexity index is 510. The van der Waals surface area contributed by atoms with Gasteiger partial charge in [-0.15, -0.1) is 0 Å². The highest BCUT2D eigenvalue weighted by Gasteiger charge is 2.30. The first-order valence-electron chi connectivity index (χ1n) is 5.15. The van der Waals surface area contributed by atoms with Gasteiger partial charge in [0.05, 0.1) is 17.6 Å². The number of anilines is 1. The van der Waals surface area contributed by atoms with Crippen LogP contribution in [0.3, 0.4) is 0 Å². The van der Waals surface area contributed by atoms with Crippen LogP contribution in [-0.2, 0) is 0 Å². The van der Waals surface area contributed by atoms with Gasteiger partial charge in [0, 0.05) is 12.1 Å². The quantitative estimate of drug-likeness (QED) is 0.426. The van der Waals surface area contributed by atoms with E-state index in [1.807, 2.05) is 5.32 Å². The Morgan fingerprint density at radius 1 is 1.32 bits per heavy atom. The predicted octanol–water partition coefficient (Wildman–Crippen LogP) is 1.09. The van der Waals surface area contributed by atoms with Crippen LogP contribution < -0.4 is 5.32 Å².